The number of rotatable bonds is 5. The summed E-state index contributed by atoms with van der Waals surface area (Å²) in [6.07, 6.45) is 7.65. The molecular weight excluding hydrogens is 257 g/mol. The third-order valence-electron chi connectivity index (χ3n) is 2.22. The van der Waals surface area contributed by atoms with Gasteiger partial charge in [-0.3, -0.25) is 4.79 Å². The van der Waals surface area contributed by atoms with Gasteiger partial charge in [-0.25, -0.2) is 0 Å². The van der Waals surface area contributed by atoms with Crippen molar-refractivity contribution in [2.24, 2.45) is 0 Å². The quantitative estimate of drug-likeness (QED) is 0.643. The Kier molecular flexibility index (Phi) is 5.90. The molecule has 0 aromatic heterocycles. The van der Waals surface area contributed by atoms with E-state index in [1.807, 2.05) is 0 Å². The molecule has 17 heavy (non-hydrogen) atoms. The molecule has 0 bridgehead atoms. The molecule has 4 heteroatoms. The fourth-order valence-corrected chi connectivity index (χ4v) is 1.59. The van der Waals surface area contributed by atoms with Crippen LogP contribution in [0.4, 0.5) is 0 Å². The summed E-state index contributed by atoms with van der Waals surface area (Å²) in [5.74, 6) is 2.41. The second kappa shape index (κ2) is 7.21. The average molecular weight is 270 g/mol. The van der Waals surface area contributed by atoms with Crippen LogP contribution in [-0.2, 0) is 0 Å². The molecule has 0 unspecified atom stereocenters. The van der Waals surface area contributed by atoms with Crippen molar-refractivity contribution in [2.75, 3.05) is 6.54 Å². The van der Waals surface area contributed by atoms with Gasteiger partial charge in [0.15, 0.2) is 0 Å². The second-order valence-corrected chi connectivity index (χ2v) is 4.36. The fourth-order valence-electron chi connectivity index (χ4n) is 1.29. The van der Waals surface area contributed by atoms with Gasteiger partial charge in [0.1, 0.15) is 0 Å². The Labute approximate surface area is 111 Å². The van der Waals surface area contributed by atoms with E-state index in [1.165, 1.54) is 0 Å². The average Bonchev–Trinajstić information content (AvgIpc) is 2.32. The van der Waals surface area contributed by atoms with Gasteiger partial charge in [0.25, 0.3) is 5.91 Å². The van der Waals surface area contributed by atoms with Crippen LogP contribution in [0.25, 0.3) is 0 Å². The number of terminal acetylenes is 1. The van der Waals surface area contributed by atoms with E-state index in [-0.39, 0.29) is 5.91 Å². The molecule has 1 aromatic carbocycles. The van der Waals surface area contributed by atoms with Crippen LogP contribution in [0.5, 0.6) is 0 Å². The molecule has 0 aliphatic heterocycles. The van der Waals surface area contributed by atoms with Gasteiger partial charge < -0.3 is 5.32 Å². The second-order valence-electron chi connectivity index (χ2n) is 3.55. The van der Waals surface area contributed by atoms with Crippen LogP contribution in [0.15, 0.2) is 18.2 Å². The van der Waals surface area contributed by atoms with Gasteiger partial charge in [-0.15, -0.1) is 12.3 Å². The Morgan fingerprint density at radius 3 is 2.71 bits per heavy atom. The van der Waals surface area contributed by atoms with Crippen LogP contribution in [0.1, 0.15) is 29.6 Å². The van der Waals surface area contributed by atoms with Crippen molar-refractivity contribution in [3.8, 4) is 12.3 Å². The number of carbonyl (C=O) groups is 1. The van der Waals surface area contributed by atoms with Crippen molar-refractivity contribution in [1.29, 1.82) is 0 Å². The molecule has 0 heterocycles. The monoisotopic (exact) mass is 269 g/mol. The molecule has 0 aliphatic carbocycles. The Morgan fingerprint density at radius 1 is 1.29 bits per heavy atom. The topological polar surface area (TPSA) is 29.1 Å². The van der Waals surface area contributed by atoms with Crippen molar-refractivity contribution in [1.82, 2.24) is 5.32 Å². The summed E-state index contributed by atoms with van der Waals surface area (Å²) < 4.78 is 0. The number of hydrogen-bond acceptors (Lipinski definition) is 1. The van der Waals surface area contributed by atoms with Gasteiger partial charge in [-0.2, -0.15) is 0 Å². The normalized spacial score (nSPS) is 9.71. The van der Waals surface area contributed by atoms with E-state index < -0.39 is 0 Å². The molecule has 0 radical (unpaired) electrons. The summed E-state index contributed by atoms with van der Waals surface area (Å²) >= 11 is 11.6. The summed E-state index contributed by atoms with van der Waals surface area (Å²) in [7, 11) is 0. The van der Waals surface area contributed by atoms with Gasteiger partial charge in [0, 0.05) is 18.5 Å². The van der Waals surface area contributed by atoms with E-state index in [1.54, 1.807) is 18.2 Å². The Hall–Kier alpha value is -1.17. The zero-order chi connectivity index (χ0) is 12.7. The van der Waals surface area contributed by atoms with Crippen molar-refractivity contribution < 1.29 is 4.79 Å². The van der Waals surface area contributed by atoms with Crippen LogP contribution in [-0.4, -0.2) is 12.5 Å². The van der Waals surface area contributed by atoms with E-state index >= 15 is 0 Å². The van der Waals surface area contributed by atoms with Crippen molar-refractivity contribution in [3.63, 3.8) is 0 Å². The number of carbonyl (C=O) groups excluding carboxylic acids is 1. The number of nitrogens with one attached hydrogen (secondary N) is 1. The number of amides is 1. The van der Waals surface area contributed by atoms with Crippen molar-refractivity contribution >= 4 is 29.1 Å². The Bertz CT molecular complexity index is 438. The van der Waals surface area contributed by atoms with Gasteiger partial charge in [-0.1, -0.05) is 23.2 Å². The highest BCUT2D eigenvalue weighted by Crippen LogP contribution is 2.22. The summed E-state index contributed by atoms with van der Waals surface area (Å²) in [6, 6.07) is 4.81. The van der Waals surface area contributed by atoms with Crippen LogP contribution >= 0.6 is 23.2 Å². The minimum atomic E-state index is -0.149. The van der Waals surface area contributed by atoms with Gasteiger partial charge in [0.2, 0.25) is 0 Å². The smallest absolute Gasteiger partial charge is 0.251 e. The maximum absolute atomic E-state index is 11.7. The summed E-state index contributed by atoms with van der Waals surface area (Å²) in [6.45, 7) is 0.612. The Morgan fingerprint density at radius 2 is 2.06 bits per heavy atom. The van der Waals surface area contributed by atoms with Crippen LogP contribution in [0.3, 0.4) is 0 Å². The van der Waals surface area contributed by atoms with E-state index in [9.17, 15) is 4.79 Å². The maximum Gasteiger partial charge on any atom is 0.251 e. The standard InChI is InChI=1S/C13H13Cl2NO/c1-2-3-4-5-8-16-13(17)10-6-7-11(14)12(15)9-10/h1,6-7,9H,3-5,8H2,(H,16,17). The fraction of sp³-hybridized carbons (Fsp3) is 0.308. The molecule has 0 aliphatic rings. The number of halogens is 2. The predicted octanol–water partition coefficient (Wildman–Crippen LogP) is 3.53. The highest BCUT2D eigenvalue weighted by molar-refractivity contribution is 6.42. The van der Waals surface area contributed by atoms with E-state index in [0.717, 1.165) is 19.3 Å². The number of hydrogen-bond donors (Lipinski definition) is 1. The lowest BCUT2D eigenvalue weighted by Crippen LogP contribution is -2.24. The van der Waals surface area contributed by atoms with E-state index in [4.69, 9.17) is 29.6 Å². The SMILES string of the molecule is C#CCCCCNC(=O)c1ccc(Cl)c(Cl)c1. The van der Waals surface area contributed by atoms with Crippen molar-refractivity contribution in [3.05, 3.63) is 33.8 Å². The lowest BCUT2D eigenvalue weighted by Gasteiger charge is -2.05. The lowest BCUT2D eigenvalue weighted by atomic mass is 10.2. The third-order valence-corrected chi connectivity index (χ3v) is 2.95. The first-order valence-electron chi connectivity index (χ1n) is 5.32. The summed E-state index contributed by atoms with van der Waals surface area (Å²) in [5.41, 5.74) is 0.511. The molecule has 1 N–H and O–H groups in total. The third kappa shape index (κ3) is 4.68. The summed E-state index contributed by atoms with van der Waals surface area (Å²) in [5, 5.41) is 3.62. The zero-order valence-corrected chi connectivity index (χ0v) is 10.8. The number of benzene rings is 1. The predicted molar refractivity (Wildman–Crippen MR) is 71.5 cm³/mol. The number of unbranched alkanes of at least 4 members (excludes halogenated alkanes) is 2. The largest absolute Gasteiger partial charge is 0.352 e. The molecule has 0 fully saturated rings. The van der Waals surface area contributed by atoms with Crippen LogP contribution in [0, 0.1) is 12.3 Å². The first kappa shape index (κ1) is 13.9. The van der Waals surface area contributed by atoms with E-state index in [2.05, 4.69) is 11.2 Å². The summed E-state index contributed by atoms with van der Waals surface area (Å²) in [4.78, 5) is 11.7. The molecule has 0 atom stereocenters. The molecule has 1 aromatic rings. The molecule has 0 saturated heterocycles. The van der Waals surface area contributed by atoms with Gasteiger partial charge in [-0.05, 0) is 31.0 Å². The molecular formula is C13H13Cl2NO. The van der Waals surface area contributed by atoms with E-state index in [0.29, 0.717) is 22.2 Å². The molecule has 0 saturated carbocycles. The Balaban J connectivity index is 2.42. The van der Waals surface area contributed by atoms with Gasteiger partial charge in [0.05, 0.1) is 10.0 Å². The minimum absolute atomic E-state index is 0.149. The molecule has 90 valence electrons. The first-order chi connectivity index (χ1) is 8.15. The molecule has 1 amide bonds. The highest BCUT2D eigenvalue weighted by atomic mass is 35.5. The lowest BCUT2D eigenvalue weighted by molar-refractivity contribution is 0.0953. The maximum atomic E-state index is 11.7. The first-order valence-corrected chi connectivity index (χ1v) is 6.07. The van der Waals surface area contributed by atoms with Gasteiger partial charge >= 0.3 is 0 Å². The van der Waals surface area contributed by atoms with Crippen LogP contribution < -0.4 is 5.32 Å². The molecule has 1 rings (SSSR count). The zero-order valence-electron chi connectivity index (χ0n) is 9.30. The van der Waals surface area contributed by atoms with Crippen LogP contribution in [0.2, 0.25) is 10.0 Å². The molecule has 2 nitrogen and oxygen atoms in total. The minimum Gasteiger partial charge on any atom is -0.352 e. The highest BCUT2D eigenvalue weighted by Gasteiger charge is 2.06. The molecule has 0 spiro atoms. The van der Waals surface area contributed by atoms with Crippen molar-refractivity contribution in [2.45, 2.75) is 19.3 Å².